The molecule has 0 spiro atoms. The summed E-state index contributed by atoms with van der Waals surface area (Å²) in [6, 6.07) is 13.1. The summed E-state index contributed by atoms with van der Waals surface area (Å²) in [5.74, 6) is -0.301. The molecule has 168 valence electrons. The molecule has 3 heterocycles. The molecular weight excluding hydrogens is 438 g/mol. The minimum absolute atomic E-state index is 0.0957. The second-order valence-electron chi connectivity index (χ2n) is 8.14. The molecule has 1 N–H and O–H groups in total. The highest BCUT2D eigenvalue weighted by atomic mass is 32.1. The van der Waals surface area contributed by atoms with Crippen molar-refractivity contribution >= 4 is 34.0 Å². The molecule has 2 amide bonds. The molecule has 1 saturated heterocycles. The number of hydrogen-bond acceptors (Lipinski definition) is 7. The van der Waals surface area contributed by atoms with Crippen molar-refractivity contribution in [2.24, 2.45) is 0 Å². The molecule has 2 aliphatic rings. The van der Waals surface area contributed by atoms with E-state index in [-0.39, 0.29) is 23.5 Å². The number of rotatable bonds is 4. The van der Waals surface area contributed by atoms with Gasteiger partial charge in [-0.3, -0.25) is 14.9 Å². The number of furan rings is 1. The quantitative estimate of drug-likeness (QED) is 0.637. The van der Waals surface area contributed by atoms with Gasteiger partial charge in [0.15, 0.2) is 10.9 Å². The zero-order chi connectivity index (χ0) is 22.8. The van der Waals surface area contributed by atoms with Gasteiger partial charge in [-0.05, 0) is 43.5 Å². The molecule has 0 radical (unpaired) electrons. The van der Waals surface area contributed by atoms with Crippen LogP contribution in [0.4, 0.5) is 10.8 Å². The van der Waals surface area contributed by atoms with Crippen LogP contribution in [0.2, 0.25) is 0 Å². The summed E-state index contributed by atoms with van der Waals surface area (Å²) in [4.78, 5) is 35.5. The molecule has 0 bridgehead atoms. The Hall–Kier alpha value is -3.64. The maximum absolute atomic E-state index is 13.4. The number of aromatic nitrogens is 1. The van der Waals surface area contributed by atoms with Gasteiger partial charge in [-0.15, -0.1) is 11.3 Å². The number of piperazine rings is 1. The van der Waals surface area contributed by atoms with E-state index in [2.05, 4.69) is 21.3 Å². The summed E-state index contributed by atoms with van der Waals surface area (Å²) >= 11 is 1.44. The third-order valence-electron chi connectivity index (χ3n) is 6.17. The highest BCUT2D eigenvalue weighted by Gasteiger charge is 2.34. The summed E-state index contributed by atoms with van der Waals surface area (Å²) in [6.45, 7) is 2.59. The lowest BCUT2D eigenvalue weighted by molar-refractivity contribution is -0.133. The lowest BCUT2D eigenvalue weighted by Crippen LogP contribution is -2.50. The summed E-state index contributed by atoms with van der Waals surface area (Å²) in [6.07, 6.45) is 4.01. The Labute approximate surface area is 195 Å². The van der Waals surface area contributed by atoms with Crippen molar-refractivity contribution in [2.75, 3.05) is 36.4 Å². The lowest BCUT2D eigenvalue weighted by atomic mass is 9.89. The Morgan fingerprint density at radius 2 is 1.97 bits per heavy atom. The van der Waals surface area contributed by atoms with Gasteiger partial charge in [0.05, 0.1) is 29.1 Å². The summed E-state index contributed by atoms with van der Waals surface area (Å²) in [5.41, 5.74) is 2.37. The molecule has 8 nitrogen and oxygen atoms in total. The molecular formula is C24H23N5O3S. The number of nitrogens with zero attached hydrogens (tertiary/aromatic N) is 4. The van der Waals surface area contributed by atoms with E-state index in [9.17, 15) is 14.9 Å². The third-order valence-corrected chi connectivity index (χ3v) is 7.22. The number of hydrogen-bond donors (Lipinski definition) is 1. The van der Waals surface area contributed by atoms with Crippen LogP contribution >= 0.6 is 11.3 Å². The van der Waals surface area contributed by atoms with Crippen LogP contribution in [-0.4, -0.2) is 47.9 Å². The summed E-state index contributed by atoms with van der Waals surface area (Å²) in [7, 11) is 0. The van der Waals surface area contributed by atoms with Crippen LogP contribution in [0.3, 0.4) is 0 Å². The third kappa shape index (κ3) is 4.22. The van der Waals surface area contributed by atoms with Crippen molar-refractivity contribution in [1.82, 2.24) is 9.88 Å². The summed E-state index contributed by atoms with van der Waals surface area (Å²) < 4.78 is 5.15. The van der Waals surface area contributed by atoms with Gasteiger partial charge in [0.1, 0.15) is 6.07 Å². The van der Waals surface area contributed by atoms with E-state index in [1.807, 2.05) is 29.2 Å². The highest BCUT2D eigenvalue weighted by Crippen LogP contribution is 2.38. The fourth-order valence-corrected chi connectivity index (χ4v) is 5.57. The molecule has 0 saturated carbocycles. The summed E-state index contributed by atoms with van der Waals surface area (Å²) in [5, 5.41) is 12.7. The van der Waals surface area contributed by atoms with Crippen LogP contribution in [0.15, 0.2) is 47.1 Å². The number of para-hydroxylation sites is 1. The number of amides is 2. The Morgan fingerprint density at radius 1 is 1.15 bits per heavy atom. The van der Waals surface area contributed by atoms with Crippen molar-refractivity contribution < 1.29 is 14.0 Å². The standard InChI is InChI=1S/C24H23N5O3S/c25-15-16-5-1-2-7-18(16)28-10-12-29(13-11-28)23(31)17-6-3-9-20-21(17)26-24(33-20)27-22(30)19-8-4-14-32-19/h1-2,4-5,7-8,14,17H,3,6,9-13H2,(H,26,27,30). The predicted molar refractivity (Wildman–Crippen MR) is 124 cm³/mol. The zero-order valence-electron chi connectivity index (χ0n) is 18.0. The van der Waals surface area contributed by atoms with Gasteiger partial charge in [0.2, 0.25) is 5.91 Å². The van der Waals surface area contributed by atoms with E-state index in [0.29, 0.717) is 36.9 Å². The van der Waals surface area contributed by atoms with Gasteiger partial charge >= 0.3 is 0 Å². The first-order valence-electron chi connectivity index (χ1n) is 11.0. The van der Waals surface area contributed by atoms with Gasteiger partial charge in [-0.1, -0.05) is 12.1 Å². The minimum Gasteiger partial charge on any atom is -0.459 e. The van der Waals surface area contributed by atoms with Crippen LogP contribution in [0.25, 0.3) is 0 Å². The SMILES string of the molecule is N#Cc1ccccc1N1CCN(C(=O)C2CCCc3sc(NC(=O)c4ccco4)nc32)CC1. The highest BCUT2D eigenvalue weighted by molar-refractivity contribution is 7.15. The molecule has 1 aliphatic carbocycles. The first kappa shape index (κ1) is 21.2. The molecule has 1 fully saturated rings. The van der Waals surface area contributed by atoms with Gasteiger partial charge in [-0.25, -0.2) is 4.98 Å². The van der Waals surface area contributed by atoms with Crippen molar-refractivity contribution in [1.29, 1.82) is 5.26 Å². The van der Waals surface area contributed by atoms with Gasteiger partial charge in [0, 0.05) is 31.1 Å². The molecule has 33 heavy (non-hydrogen) atoms. The second-order valence-corrected chi connectivity index (χ2v) is 9.23. The number of carbonyl (C=O) groups excluding carboxylic acids is 2. The normalized spacial score (nSPS) is 17.8. The monoisotopic (exact) mass is 461 g/mol. The van der Waals surface area contributed by atoms with E-state index in [4.69, 9.17) is 4.42 Å². The number of aryl methyl sites for hydroxylation is 1. The topological polar surface area (TPSA) is 102 Å². The fourth-order valence-electron chi connectivity index (χ4n) is 4.51. The average molecular weight is 462 g/mol. The van der Waals surface area contributed by atoms with E-state index >= 15 is 0 Å². The Kier molecular flexibility index (Phi) is 5.84. The average Bonchev–Trinajstić information content (AvgIpc) is 3.53. The largest absolute Gasteiger partial charge is 0.459 e. The maximum Gasteiger partial charge on any atom is 0.293 e. The van der Waals surface area contributed by atoms with Crippen LogP contribution < -0.4 is 10.2 Å². The molecule has 1 unspecified atom stereocenters. The number of carbonyl (C=O) groups is 2. The number of benzene rings is 1. The zero-order valence-corrected chi connectivity index (χ0v) is 18.8. The van der Waals surface area contributed by atoms with E-state index < -0.39 is 0 Å². The van der Waals surface area contributed by atoms with Crippen LogP contribution in [0.5, 0.6) is 0 Å². The number of nitrogens with one attached hydrogen (secondary N) is 1. The van der Waals surface area contributed by atoms with Crippen molar-refractivity contribution in [2.45, 2.75) is 25.2 Å². The first-order valence-corrected chi connectivity index (χ1v) is 11.8. The second kappa shape index (κ2) is 9.08. The molecule has 9 heteroatoms. The van der Waals surface area contributed by atoms with E-state index in [1.165, 1.54) is 17.6 Å². The molecule has 3 aromatic rings. The maximum atomic E-state index is 13.4. The van der Waals surface area contributed by atoms with Gasteiger partial charge in [0.25, 0.3) is 5.91 Å². The van der Waals surface area contributed by atoms with Gasteiger partial charge < -0.3 is 14.2 Å². The lowest BCUT2D eigenvalue weighted by Gasteiger charge is -2.38. The molecule has 2 aromatic heterocycles. The fraction of sp³-hybridized carbons (Fsp3) is 0.333. The number of fused-ring (bicyclic) bond motifs is 1. The van der Waals surface area contributed by atoms with E-state index in [1.54, 1.807) is 12.1 Å². The first-order chi connectivity index (χ1) is 16.1. The van der Waals surface area contributed by atoms with E-state index in [0.717, 1.165) is 35.5 Å². The number of anilines is 2. The van der Waals surface area contributed by atoms with Crippen LogP contribution in [-0.2, 0) is 11.2 Å². The van der Waals surface area contributed by atoms with Crippen molar-refractivity contribution in [3.8, 4) is 6.07 Å². The molecule has 1 atom stereocenters. The number of thiazole rings is 1. The van der Waals surface area contributed by atoms with Crippen LogP contribution in [0, 0.1) is 11.3 Å². The predicted octanol–water partition coefficient (Wildman–Crippen LogP) is 3.63. The Bertz CT molecular complexity index is 1210. The Balaban J connectivity index is 1.26. The van der Waals surface area contributed by atoms with Crippen molar-refractivity contribution in [3.05, 3.63) is 64.6 Å². The molecule has 1 aromatic carbocycles. The minimum atomic E-state index is -0.345. The van der Waals surface area contributed by atoms with Crippen molar-refractivity contribution in [3.63, 3.8) is 0 Å². The van der Waals surface area contributed by atoms with Crippen LogP contribution in [0.1, 0.15) is 45.4 Å². The number of nitriles is 1. The Morgan fingerprint density at radius 3 is 2.73 bits per heavy atom. The van der Waals surface area contributed by atoms with Gasteiger partial charge in [-0.2, -0.15) is 5.26 Å². The molecule has 1 aliphatic heterocycles. The molecule has 5 rings (SSSR count). The smallest absolute Gasteiger partial charge is 0.293 e.